The zero-order valence-electron chi connectivity index (χ0n) is 17.4. The summed E-state index contributed by atoms with van der Waals surface area (Å²) in [6, 6.07) is 20.5. The molecule has 0 radical (unpaired) electrons. The molecule has 5 heteroatoms. The first kappa shape index (κ1) is 21.1. The fraction of sp³-hybridized carbons (Fsp3) is 0.269. The highest BCUT2D eigenvalue weighted by molar-refractivity contribution is 5.99. The smallest absolute Gasteiger partial charge is 0.250 e. The predicted molar refractivity (Wildman–Crippen MR) is 121 cm³/mol. The number of nitrogens with one attached hydrogen (secondary N) is 1. The van der Waals surface area contributed by atoms with Crippen molar-refractivity contribution in [3.8, 4) is 11.1 Å². The topological polar surface area (TPSA) is 75.4 Å². The summed E-state index contributed by atoms with van der Waals surface area (Å²) in [5, 5.41) is 13.2. The van der Waals surface area contributed by atoms with Crippen LogP contribution in [0.2, 0.25) is 0 Å². The Hall–Kier alpha value is -3.18. The molecule has 0 spiro atoms. The molecule has 1 saturated carbocycles. The highest BCUT2D eigenvalue weighted by Crippen LogP contribution is 2.31. The van der Waals surface area contributed by atoms with Gasteiger partial charge in [-0.2, -0.15) is 0 Å². The Labute approximate surface area is 181 Å². The number of hydrogen-bond donors (Lipinski definition) is 3. The lowest BCUT2D eigenvalue weighted by molar-refractivity contribution is 0.100. The Morgan fingerprint density at radius 2 is 1.65 bits per heavy atom. The van der Waals surface area contributed by atoms with Crippen LogP contribution in [-0.2, 0) is 6.42 Å². The van der Waals surface area contributed by atoms with E-state index in [1.165, 1.54) is 6.07 Å². The quantitative estimate of drug-likeness (QED) is 0.533. The molecular weight excluding hydrogens is 391 g/mol. The van der Waals surface area contributed by atoms with E-state index in [9.17, 15) is 14.3 Å². The van der Waals surface area contributed by atoms with E-state index >= 15 is 0 Å². The third-order valence-electron chi connectivity index (χ3n) is 6.01. The van der Waals surface area contributed by atoms with E-state index in [1.54, 1.807) is 18.2 Å². The lowest BCUT2D eigenvalue weighted by atomic mass is 9.91. The van der Waals surface area contributed by atoms with Gasteiger partial charge in [-0.25, -0.2) is 4.39 Å². The number of aliphatic hydroxyl groups excluding tert-OH is 1. The molecule has 1 aliphatic carbocycles. The fourth-order valence-electron chi connectivity index (χ4n) is 4.29. The van der Waals surface area contributed by atoms with Crippen LogP contribution in [0, 0.1) is 5.82 Å². The van der Waals surface area contributed by atoms with E-state index < -0.39 is 5.91 Å². The van der Waals surface area contributed by atoms with Crippen molar-refractivity contribution in [2.24, 2.45) is 5.73 Å². The molecule has 0 saturated heterocycles. The average molecular weight is 419 g/mol. The van der Waals surface area contributed by atoms with E-state index in [2.05, 4.69) is 5.32 Å². The molecule has 3 aromatic rings. The van der Waals surface area contributed by atoms with Gasteiger partial charge in [-0.1, -0.05) is 48.5 Å². The van der Waals surface area contributed by atoms with Crippen LogP contribution in [0.25, 0.3) is 11.1 Å². The number of carbonyl (C=O) groups excluding carboxylic acids is 1. The van der Waals surface area contributed by atoms with Crippen molar-refractivity contribution in [3.63, 3.8) is 0 Å². The molecule has 4 N–H and O–H groups in total. The number of amides is 1. The summed E-state index contributed by atoms with van der Waals surface area (Å²) in [6.45, 7) is 0. The van der Waals surface area contributed by atoms with E-state index in [1.807, 2.05) is 42.5 Å². The van der Waals surface area contributed by atoms with Crippen LogP contribution >= 0.6 is 0 Å². The summed E-state index contributed by atoms with van der Waals surface area (Å²) in [4.78, 5) is 12.0. The van der Waals surface area contributed by atoms with Crippen LogP contribution < -0.4 is 11.1 Å². The van der Waals surface area contributed by atoms with Gasteiger partial charge in [0, 0.05) is 18.2 Å². The molecular formula is C26H27FN2O2. The Balaban J connectivity index is 1.67. The van der Waals surface area contributed by atoms with Gasteiger partial charge in [-0.05, 0) is 66.1 Å². The molecule has 4 nitrogen and oxygen atoms in total. The Bertz CT molecular complexity index is 1070. The molecule has 0 unspecified atom stereocenters. The minimum absolute atomic E-state index is 0.186. The van der Waals surface area contributed by atoms with E-state index in [0.717, 1.165) is 42.4 Å². The van der Waals surface area contributed by atoms with Gasteiger partial charge in [0.15, 0.2) is 0 Å². The number of benzene rings is 3. The first-order chi connectivity index (χ1) is 15.0. The summed E-state index contributed by atoms with van der Waals surface area (Å²) in [5.74, 6) is -0.701. The zero-order chi connectivity index (χ0) is 21.8. The van der Waals surface area contributed by atoms with Crippen LogP contribution in [0.15, 0.2) is 66.7 Å². The Morgan fingerprint density at radius 1 is 0.968 bits per heavy atom. The molecule has 0 heterocycles. The zero-order valence-corrected chi connectivity index (χ0v) is 17.4. The number of primary amides is 1. The highest BCUT2D eigenvalue weighted by Gasteiger charge is 2.21. The molecule has 4 rings (SSSR count). The lowest BCUT2D eigenvalue weighted by Gasteiger charge is -2.28. The first-order valence-corrected chi connectivity index (χ1v) is 10.7. The third-order valence-corrected chi connectivity index (χ3v) is 6.01. The minimum Gasteiger partial charge on any atom is -0.393 e. The maximum atomic E-state index is 14.2. The third kappa shape index (κ3) is 4.94. The highest BCUT2D eigenvalue weighted by atomic mass is 19.1. The van der Waals surface area contributed by atoms with Crippen molar-refractivity contribution in [3.05, 3.63) is 89.2 Å². The standard InChI is InChI=1S/C26H27FN2O2/c27-24-8-4-2-6-19(24)15-17-5-1-3-7-22(17)18-9-14-23(26(28)31)25(16-18)29-20-10-12-21(30)13-11-20/h1-9,14,16,20-21,29-30H,10-13,15H2,(H2,28,31). The molecule has 31 heavy (non-hydrogen) atoms. The van der Waals surface area contributed by atoms with Crippen LogP contribution in [0.5, 0.6) is 0 Å². The van der Waals surface area contributed by atoms with Crippen LogP contribution in [0.3, 0.4) is 0 Å². The predicted octanol–water partition coefficient (Wildman–Crippen LogP) is 4.90. The number of rotatable bonds is 6. The number of hydrogen-bond acceptors (Lipinski definition) is 3. The summed E-state index contributed by atoms with van der Waals surface area (Å²) in [5.41, 5.74) is 10.3. The van der Waals surface area contributed by atoms with Crippen LogP contribution in [0.1, 0.15) is 47.2 Å². The van der Waals surface area contributed by atoms with Crippen molar-refractivity contribution in [1.29, 1.82) is 0 Å². The number of anilines is 1. The molecule has 0 bridgehead atoms. The molecule has 0 aromatic heterocycles. The van der Waals surface area contributed by atoms with Crippen molar-refractivity contribution in [2.75, 3.05) is 5.32 Å². The van der Waals surface area contributed by atoms with Gasteiger partial charge in [-0.3, -0.25) is 4.79 Å². The molecule has 1 aliphatic rings. The van der Waals surface area contributed by atoms with Gasteiger partial charge < -0.3 is 16.2 Å². The maximum absolute atomic E-state index is 14.2. The fourth-order valence-corrected chi connectivity index (χ4v) is 4.29. The van der Waals surface area contributed by atoms with E-state index in [4.69, 9.17) is 5.73 Å². The maximum Gasteiger partial charge on any atom is 0.250 e. The molecule has 0 atom stereocenters. The van der Waals surface area contributed by atoms with Crippen molar-refractivity contribution in [2.45, 2.75) is 44.2 Å². The number of carbonyl (C=O) groups is 1. The summed E-state index contributed by atoms with van der Waals surface area (Å²) >= 11 is 0. The number of nitrogens with two attached hydrogens (primary N) is 1. The van der Waals surface area contributed by atoms with Gasteiger partial charge in [0.05, 0.1) is 11.7 Å². The summed E-state index contributed by atoms with van der Waals surface area (Å²) in [6.07, 6.45) is 3.40. The molecule has 160 valence electrons. The van der Waals surface area contributed by atoms with Crippen molar-refractivity contribution >= 4 is 11.6 Å². The minimum atomic E-state index is -0.482. The van der Waals surface area contributed by atoms with Gasteiger partial charge in [0.25, 0.3) is 5.91 Å². The SMILES string of the molecule is NC(=O)c1ccc(-c2ccccc2Cc2ccccc2F)cc1NC1CCC(O)CC1. The molecule has 1 fully saturated rings. The van der Waals surface area contributed by atoms with Gasteiger partial charge in [0.1, 0.15) is 5.82 Å². The number of halogens is 1. The Kier molecular flexibility index (Phi) is 6.33. The van der Waals surface area contributed by atoms with Crippen molar-refractivity contribution in [1.82, 2.24) is 0 Å². The van der Waals surface area contributed by atoms with Gasteiger partial charge in [0.2, 0.25) is 0 Å². The largest absolute Gasteiger partial charge is 0.393 e. The monoisotopic (exact) mass is 418 g/mol. The van der Waals surface area contributed by atoms with E-state index in [-0.39, 0.29) is 18.0 Å². The lowest BCUT2D eigenvalue weighted by Crippen LogP contribution is -2.29. The second kappa shape index (κ2) is 9.31. The number of aliphatic hydroxyl groups is 1. The first-order valence-electron chi connectivity index (χ1n) is 10.7. The van der Waals surface area contributed by atoms with Crippen LogP contribution in [0.4, 0.5) is 10.1 Å². The molecule has 3 aromatic carbocycles. The average Bonchev–Trinajstić information content (AvgIpc) is 2.77. The van der Waals surface area contributed by atoms with E-state index in [0.29, 0.717) is 23.2 Å². The van der Waals surface area contributed by atoms with Gasteiger partial charge >= 0.3 is 0 Å². The van der Waals surface area contributed by atoms with Crippen LogP contribution in [-0.4, -0.2) is 23.2 Å². The summed E-state index contributed by atoms with van der Waals surface area (Å²) in [7, 11) is 0. The molecule has 1 amide bonds. The van der Waals surface area contributed by atoms with Crippen molar-refractivity contribution < 1.29 is 14.3 Å². The Morgan fingerprint density at radius 3 is 2.35 bits per heavy atom. The second-order valence-corrected chi connectivity index (χ2v) is 8.20. The second-order valence-electron chi connectivity index (χ2n) is 8.20. The normalized spacial score (nSPS) is 18.5. The summed E-state index contributed by atoms with van der Waals surface area (Å²) < 4.78 is 14.2. The molecule has 0 aliphatic heterocycles. The van der Waals surface area contributed by atoms with Gasteiger partial charge in [-0.15, -0.1) is 0 Å².